The Morgan fingerprint density at radius 3 is 3.19 bits per heavy atom. The largest absolute Gasteiger partial charge is 0.348 e. The first-order chi connectivity index (χ1) is 10.2. The van der Waals surface area contributed by atoms with Crippen LogP contribution in [0.3, 0.4) is 0 Å². The molecule has 0 radical (unpaired) electrons. The number of rotatable bonds is 2. The van der Waals surface area contributed by atoms with E-state index in [0.717, 1.165) is 41.0 Å². The highest BCUT2D eigenvalue weighted by Gasteiger charge is 2.32. The highest BCUT2D eigenvalue weighted by molar-refractivity contribution is 5.98. The number of nitrogens with zero attached hydrogens (tertiary/aromatic N) is 2. The van der Waals surface area contributed by atoms with Crippen LogP contribution in [0.1, 0.15) is 28.9 Å². The zero-order chi connectivity index (χ0) is 14.4. The fraction of sp³-hybridized carbons (Fsp3) is 0.500. The maximum atomic E-state index is 12.5. The highest BCUT2D eigenvalue weighted by Crippen LogP contribution is 2.27. The molecule has 2 fully saturated rings. The van der Waals surface area contributed by atoms with E-state index in [-0.39, 0.29) is 5.91 Å². The first-order valence-electron chi connectivity index (χ1n) is 7.67. The Kier molecular flexibility index (Phi) is 2.96. The van der Waals surface area contributed by atoms with Crippen LogP contribution in [0.25, 0.3) is 10.9 Å². The third-order valence-corrected chi connectivity index (χ3v) is 4.81. The van der Waals surface area contributed by atoms with Crippen molar-refractivity contribution in [3.63, 3.8) is 0 Å². The summed E-state index contributed by atoms with van der Waals surface area (Å²) in [6.45, 7) is 5.38. The first-order valence-corrected chi connectivity index (χ1v) is 7.67. The number of piperidine rings is 1. The Bertz CT molecular complexity index is 681. The van der Waals surface area contributed by atoms with Crippen molar-refractivity contribution >= 4 is 16.8 Å². The van der Waals surface area contributed by atoms with E-state index in [4.69, 9.17) is 0 Å². The van der Waals surface area contributed by atoms with Gasteiger partial charge in [0, 0.05) is 35.8 Å². The van der Waals surface area contributed by atoms with E-state index < -0.39 is 0 Å². The SMILES string of the molecule is Cc1[nH]nc2ccc(C(=O)N[C@@H]3C[C@@H]4CCN(C4)C3)cc12. The summed E-state index contributed by atoms with van der Waals surface area (Å²) in [5.74, 6) is 0.799. The predicted molar refractivity (Wildman–Crippen MR) is 81.2 cm³/mol. The summed E-state index contributed by atoms with van der Waals surface area (Å²) in [6, 6.07) is 5.98. The van der Waals surface area contributed by atoms with E-state index >= 15 is 0 Å². The second-order valence-electron chi connectivity index (χ2n) is 6.40. The average molecular weight is 284 g/mol. The Morgan fingerprint density at radius 2 is 2.33 bits per heavy atom. The summed E-state index contributed by atoms with van der Waals surface area (Å²) in [6.07, 6.45) is 2.40. The number of fused-ring (bicyclic) bond motifs is 3. The fourth-order valence-electron chi connectivity index (χ4n) is 3.71. The standard InChI is InChI=1S/C16H20N4O/c1-10-14-7-12(2-3-15(14)19-18-10)16(21)17-13-6-11-4-5-20(8-11)9-13/h2-3,7,11,13H,4-6,8-9H2,1H3,(H,17,21)(H,18,19)/t11-,13+/m0/s1. The molecule has 1 aromatic heterocycles. The van der Waals surface area contributed by atoms with E-state index in [1.165, 1.54) is 19.5 Å². The topological polar surface area (TPSA) is 61.0 Å². The zero-order valence-electron chi connectivity index (χ0n) is 12.2. The van der Waals surface area contributed by atoms with Gasteiger partial charge in [0.25, 0.3) is 5.91 Å². The molecule has 1 amide bonds. The summed E-state index contributed by atoms with van der Waals surface area (Å²) in [5.41, 5.74) is 2.63. The molecule has 2 aliphatic heterocycles. The number of hydrogen-bond acceptors (Lipinski definition) is 3. The Hall–Kier alpha value is -1.88. The van der Waals surface area contributed by atoms with Crippen molar-refractivity contribution in [2.24, 2.45) is 5.92 Å². The quantitative estimate of drug-likeness (QED) is 0.882. The molecule has 3 atom stereocenters. The van der Waals surface area contributed by atoms with Crippen molar-refractivity contribution in [2.45, 2.75) is 25.8 Å². The lowest BCUT2D eigenvalue weighted by molar-refractivity contribution is 0.0909. The molecule has 110 valence electrons. The lowest BCUT2D eigenvalue weighted by atomic mass is 9.96. The van der Waals surface area contributed by atoms with Crippen LogP contribution in [0.15, 0.2) is 18.2 Å². The van der Waals surface area contributed by atoms with Crippen LogP contribution in [0, 0.1) is 12.8 Å². The van der Waals surface area contributed by atoms with Crippen LogP contribution in [0.2, 0.25) is 0 Å². The van der Waals surface area contributed by atoms with Crippen molar-refractivity contribution < 1.29 is 4.79 Å². The van der Waals surface area contributed by atoms with Gasteiger partial charge in [0.15, 0.2) is 0 Å². The number of nitrogens with one attached hydrogen (secondary N) is 2. The molecule has 2 aromatic rings. The minimum atomic E-state index is 0.0324. The number of amides is 1. The average Bonchev–Trinajstić information content (AvgIpc) is 3.02. The van der Waals surface area contributed by atoms with Gasteiger partial charge < -0.3 is 10.2 Å². The summed E-state index contributed by atoms with van der Waals surface area (Å²) in [4.78, 5) is 14.9. The summed E-state index contributed by atoms with van der Waals surface area (Å²) >= 11 is 0. The van der Waals surface area contributed by atoms with E-state index in [1.54, 1.807) is 0 Å². The van der Waals surface area contributed by atoms with Gasteiger partial charge in [-0.15, -0.1) is 0 Å². The monoisotopic (exact) mass is 284 g/mol. The molecule has 2 saturated heterocycles. The molecular weight excluding hydrogens is 264 g/mol. The van der Waals surface area contributed by atoms with Crippen LogP contribution in [0.4, 0.5) is 0 Å². The number of aryl methyl sites for hydroxylation is 1. The lowest BCUT2D eigenvalue weighted by Crippen LogP contribution is -2.47. The Labute approximate surface area is 123 Å². The van der Waals surface area contributed by atoms with Crippen LogP contribution >= 0.6 is 0 Å². The molecule has 0 spiro atoms. The molecule has 0 aliphatic carbocycles. The van der Waals surface area contributed by atoms with Crippen LogP contribution < -0.4 is 5.32 Å². The molecule has 3 heterocycles. The van der Waals surface area contributed by atoms with Crippen molar-refractivity contribution in [3.05, 3.63) is 29.5 Å². The number of carbonyl (C=O) groups is 1. The van der Waals surface area contributed by atoms with E-state index in [0.29, 0.717) is 6.04 Å². The van der Waals surface area contributed by atoms with Gasteiger partial charge in [-0.25, -0.2) is 0 Å². The van der Waals surface area contributed by atoms with Gasteiger partial charge in [-0.2, -0.15) is 5.10 Å². The summed E-state index contributed by atoms with van der Waals surface area (Å²) < 4.78 is 0. The molecule has 21 heavy (non-hydrogen) atoms. The minimum absolute atomic E-state index is 0.0324. The van der Waals surface area contributed by atoms with Gasteiger partial charge in [-0.05, 0) is 50.4 Å². The molecule has 0 saturated carbocycles. The molecule has 1 aromatic carbocycles. The Morgan fingerprint density at radius 1 is 1.43 bits per heavy atom. The van der Waals surface area contributed by atoms with Crippen molar-refractivity contribution in [1.29, 1.82) is 0 Å². The molecule has 2 aliphatic rings. The maximum Gasteiger partial charge on any atom is 0.251 e. The Balaban J connectivity index is 1.52. The summed E-state index contributed by atoms with van der Waals surface area (Å²) in [5, 5.41) is 11.4. The van der Waals surface area contributed by atoms with Gasteiger partial charge in [-0.3, -0.25) is 9.89 Å². The number of aromatic amines is 1. The number of carbonyl (C=O) groups excluding carboxylic acids is 1. The van der Waals surface area contributed by atoms with Gasteiger partial charge in [0.1, 0.15) is 0 Å². The first kappa shape index (κ1) is 12.8. The predicted octanol–water partition coefficient (Wildman–Crippen LogP) is 1.70. The number of H-pyrrole nitrogens is 1. The van der Waals surface area contributed by atoms with Crippen LogP contribution in [0.5, 0.6) is 0 Å². The van der Waals surface area contributed by atoms with E-state index in [1.807, 2.05) is 25.1 Å². The summed E-state index contributed by atoms with van der Waals surface area (Å²) in [7, 11) is 0. The third kappa shape index (κ3) is 2.31. The molecule has 5 heteroatoms. The molecule has 2 bridgehead atoms. The fourth-order valence-corrected chi connectivity index (χ4v) is 3.71. The van der Waals surface area contributed by atoms with Gasteiger partial charge in [-0.1, -0.05) is 0 Å². The second kappa shape index (κ2) is 4.84. The molecular formula is C16H20N4O. The van der Waals surface area contributed by atoms with Gasteiger partial charge in [0.05, 0.1) is 5.52 Å². The highest BCUT2D eigenvalue weighted by atomic mass is 16.1. The van der Waals surface area contributed by atoms with Crippen LogP contribution in [-0.2, 0) is 0 Å². The molecule has 5 nitrogen and oxygen atoms in total. The molecule has 2 N–H and O–H groups in total. The smallest absolute Gasteiger partial charge is 0.251 e. The second-order valence-corrected chi connectivity index (χ2v) is 6.40. The van der Waals surface area contributed by atoms with Crippen molar-refractivity contribution in [1.82, 2.24) is 20.4 Å². The minimum Gasteiger partial charge on any atom is -0.348 e. The van der Waals surface area contributed by atoms with Crippen molar-refractivity contribution in [2.75, 3.05) is 19.6 Å². The van der Waals surface area contributed by atoms with E-state index in [2.05, 4.69) is 20.4 Å². The van der Waals surface area contributed by atoms with E-state index in [9.17, 15) is 4.79 Å². The van der Waals surface area contributed by atoms with Gasteiger partial charge >= 0.3 is 0 Å². The maximum absolute atomic E-state index is 12.5. The molecule has 4 rings (SSSR count). The third-order valence-electron chi connectivity index (χ3n) is 4.81. The number of benzene rings is 1. The molecule has 1 unspecified atom stereocenters. The van der Waals surface area contributed by atoms with Gasteiger partial charge in [0.2, 0.25) is 0 Å². The van der Waals surface area contributed by atoms with Crippen LogP contribution in [-0.4, -0.2) is 46.7 Å². The lowest BCUT2D eigenvalue weighted by Gasteiger charge is -2.30. The number of hydrogen-bond donors (Lipinski definition) is 2. The van der Waals surface area contributed by atoms with Crippen molar-refractivity contribution in [3.8, 4) is 0 Å². The zero-order valence-corrected chi connectivity index (χ0v) is 12.2. The number of aromatic nitrogens is 2. The normalized spacial score (nSPS) is 28.0.